The summed E-state index contributed by atoms with van der Waals surface area (Å²) in [7, 11) is 1.62. The van der Waals surface area contributed by atoms with Crippen molar-refractivity contribution in [1.29, 1.82) is 0 Å². The maximum absolute atomic E-state index is 13.1. The normalized spacial score (nSPS) is 21.9. The summed E-state index contributed by atoms with van der Waals surface area (Å²) < 4.78 is 5.18. The van der Waals surface area contributed by atoms with Gasteiger partial charge in [-0.3, -0.25) is 14.5 Å². The number of nitrogens with zero attached hydrogens (tertiary/aromatic N) is 2. The minimum absolute atomic E-state index is 0.0154. The van der Waals surface area contributed by atoms with Gasteiger partial charge >= 0.3 is 0 Å². The third kappa shape index (κ3) is 4.19. The van der Waals surface area contributed by atoms with Crippen molar-refractivity contribution in [3.63, 3.8) is 0 Å². The Labute approximate surface area is 177 Å². The van der Waals surface area contributed by atoms with E-state index in [0.717, 1.165) is 24.4 Å². The molecule has 2 amide bonds. The van der Waals surface area contributed by atoms with Gasteiger partial charge in [0, 0.05) is 32.6 Å². The Hall–Kier alpha value is -2.86. The molecule has 2 saturated heterocycles. The number of ether oxygens (including phenoxy) is 1. The van der Waals surface area contributed by atoms with Crippen LogP contribution in [0.1, 0.15) is 22.3 Å². The second-order valence-electron chi connectivity index (χ2n) is 8.33. The van der Waals surface area contributed by atoms with Crippen LogP contribution in [-0.4, -0.2) is 60.4 Å². The number of amides is 2. The predicted molar refractivity (Wildman–Crippen MR) is 115 cm³/mol. The summed E-state index contributed by atoms with van der Waals surface area (Å²) in [5, 5.41) is 2.96. The van der Waals surface area contributed by atoms with Crippen molar-refractivity contribution in [2.45, 2.75) is 38.9 Å². The molecule has 2 atom stereocenters. The van der Waals surface area contributed by atoms with E-state index in [1.807, 2.05) is 24.3 Å². The van der Waals surface area contributed by atoms with Gasteiger partial charge in [-0.15, -0.1) is 0 Å². The number of nitrogens with one attached hydrogen (secondary N) is 1. The molecule has 6 nitrogen and oxygen atoms in total. The highest BCUT2D eigenvalue weighted by Crippen LogP contribution is 2.21. The van der Waals surface area contributed by atoms with Gasteiger partial charge in [-0.25, -0.2) is 0 Å². The summed E-state index contributed by atoms with van der Waals surface area (Å²) in [6.07, 6.45) is 0.490. The molecular weight excluding hydrogens is 378 g/mol. The van der Waals surface area contributed by atoms with E-state index in [1.165, 1.54) is 16.7 Å². The van der Waals surface area contributed by atoms with E-state index < -0.39 is 12.1 Å². The van der Waals surface area contributed by atoms with Crippen LogP contribution in [0.5, 0.6) is 5.75 Å². The van der Waals surface area contributed by atoms with Crippen LogP contribution in [-0.2, 0) is 22.6 Å². The van der Waals surface area contributed by atoms with E-state index in [1.54, 1.807) is 12.0 Å². The van der Waals surface area contributed by atoms with Crippen molar-refractivity contribution in [2.75, 3.05) is 26.7 Å². The van der Waals surface area contributed by atoms with Crippen molar-refractivity contribution < 1.29 is 14.3 Å². The topological polar surface area (TPSA) is 61.9 Å². The van der Waals surface area contributed by atoms with E-state index in [-0.39, 0.29) is 11.8 Å². The fraction of sp³-hybridized carbons (Fsp3) is 0.417. The highest BCUT2D eigenvalue weighted by atomic mass is 16.5. The first-order valence-electron chi connectivity index (χ1n) is 10.5. The third-order valence-corrected chi connectivity index (χ3v) is 6.16. The lowest BCUT2D eigenvalue weighted by Gasteiger charge is -2.45. The molecule has 2 aromatic rings. The van der Waals surface area contributed by atoms with Crippen molar-refractivity contribution in [1.82, 2.24) is 15.1 Å². The summed E-state index contributed by atoms with van der Waals surface area (Å²) >= 11 is 0. The molecule has 0 unspecified atom stereocenters. The van der Waals surface area contributed by atoms with Gasteiger partial charge in [-0.05, 0) is 42.7 Å². The predicted octanol–water partition coefficient (Wildman–Crippen LogP) is 2.07. The average Bonchev–Trinajstić information content (AvgIpc) is 2.74. The molecule has 2 fully saturated rings. The molecular formula is C24H29N3O3. The molecule has 0 bridgehead atoms. The Morgan fingerprint density at radius 2 is 1.83 bits per heavy atom. The van der Waals surface area contributed by atoms with Gasteiger partial charge in [0.1, 0.15) is 17.8 Å². The zero-order chi connectivity index (χ0) is 21.3. The van der Waals surface area contributed by atoms with Crippen molar-refractivity contribution >= 4 is 11.8 Å². The average molecular weight is 408 g/mol. The number of carbonyl (C=O) groups excluding carboxylic acids is 2. The lowest BCUT2D eigenvalue weighted by Crippen LogP contribution is -2.69. The Morgan fingerprint density at radius 3 is 2.53 bits per heavy atom. The number of hydrogen-bond acceptors (Lipinski definition) is 4. The summed E-state index contributed by atoms with van der Waals surface area (Å²) in [5.41, 5.74) is 4.79. The molecule has 1 N–H and O–H groups in total. The van der Waals surface area contributed by atoms with E-state index in [9.17, 15) is 9.59 Å². The van der Waals surface area contributed by atoms with Crippen molar-refractivity contribution in [3.05, 3.63) is 64.7 Å². The summed E-state index contributed by atoms with van der Waals surface area (Å²) in [6, 6.07) is 13.2. The van der Waals surface area contributed by atoms with Gasteiger partial charge in [0.15, 0.2) is 0 Å². The molecule has 0 aromatic heterocycles. The fourth-order valence-electron chi connectivity index (χ4n) is 4.40. The first-order valence-corrected chi connectivity index (χ1v) is 10.5. The minimum Gasteiger partial charge on any atom is -0.497 e. The molecule has 30 heavy (non-hydrogen) atoms. The van der Waals surface area contributed by atoms with Crippen LogP contribution in [0.4, 0.5) is 0 Å². The Morgan fingerprint density at radius 1 is 1.07 bits per heavy atom. The molecule has 0 radical (unpaired) electrons. The zero-order valence-electron chi connectivity index (χ0n) is 17.9. The number of aryl methyl sites for hydroxylation is 2. The molecule has 0 aliphatic carbocycles. The van der Waals surface area contributed by atoms with Gasteiger partial charge in [0.2, 0.25) is 11.8 Å². The van der Waals surface area contributed by atoms with Crippen LogP contribution in [0.2, 0.25) is 0 Å². The van der Waals surface area contributed by atoms with Crippen LogP contribution >= 0.6 is 0 Å². The number of fused-ring (bicyclic) bond motifs is 1. The van der Waals surface area contributed by atoms with E-state index in [0.29, 0.717) is 19.5 Å². The smallest absolute Gasteiger partial charge is 0.246 e. The van der Waals surface area contributed by atoms with Crippen molar-refractivity contribution in [3.8, 4) is 5.75 Å². The molecule has 2 aliphatic heterocycles. The number of piperazine rings is 2. The third-order valence-electron chi connectivity index (χ3n) is 6.16. The van der Waals surface area contributed by atoms with Crippen LogP contribution in [0.3, 0.4) is 0 Å². The first kappa shape index (κ1) is 20.4. The van der Waals surface area contributed by atoms with Gasteiger partial charge in [0.25, 0.3) is 0 Å². The maximum atomic E-state index is 13.1. The monoisotopic (exact) mass is 407 g/mol. The molecule has 2 aromatic carbocycles. The van der Waals surface area contributed by atoms with E-state index in [4.69, 9.17) is 4.74 Å². The van der Waals surface area contributed by atoms with Crippen LogP contribution < -0.4 is 10.1 Å². The molecule has 0 saturated carbocycles. The van der Waals surface area contributed by atoms with Crippen molar-refractivity contribution in [2.24, 2.45) is 0 Å². The lowest BCUT2D eigenvalue weighted by atomic mass is 9.98. The minimum atomic E-state index is -0.506. The maximum Gasteiger partial charge on any atom is 0.246 e. The van der Waals surface area contributed by atoms with Gasteiger partial charge in [0.05, 0.1) is 7.11 Å². The molecule has 6 heteroatoms. The Balaban J connectivity index is 1.41. The fourth-order valence-corrected chi connectivity index (χ4v) is 4.40. The van der Waals surface area contributed by atoms with E-state index >= 15 is 0 Å². The Kier molecular flexibility index (Phi) is 5.77. The molecule has 2 heterocycles. The number of carbonyl (C=O) groups is 2. The quantitative estimate of drug-likeness (QED) is 0.824. The number of methoxy groups -OCH3 is 1. The van der Waals surface area contributed by atoms with Crippen LogP contribution in [0, 0.1) is 13.8 Å². The SMILES string of the molecule is COc1ccc(C[C@@H]2NC(=O)[C@H]3CN(Cc4ccc(C)cc4C)CCN3C2=O)cc1. The number of hydrogen-bond donors (Lipinski definition) is 1. The van der Waals surface area contributed by atoms with E-state index in [2.05, 4.69) is 42.3 Å². The Bertz CT molecular complexity index is 941. The molecule has 0 spiro atoms. The van der Waals surface area contributed by atoms with Crippen LogP contribution in [0.25, 0.3) is 0 Å². The van der Waals surface area contributed by atoms with Crippen LogP contribution in [0.15, 0.2) is 42.5 Å². The summed E-state index contributed by atoms with van der Waals surface area (Å²) in [6.45, 7) is 6.95. The summed E-state index contributed by atoms with van der Waals surface area (Å²) in [5.74, 6) is 0.734. The largest absolute Gasteiger partial charge is 0.497 e. The molecule has 4 rings (SSSR count). The summed E-state index contributed by atoms with van der Waals surface area (Å²) in [4.78, 5) is 29.9. The second-order valence-corrected chi connectivity index (χ2v) is 8.33. The lowest BCUT2D eigenvalue weighted by molar-refractivity contribution is -0.153. The van der Waals surface area contributed by atoms with Gasteiger partial charge < -0.3 is 15.0 Å². The van der Waals surface area contributed by atoms with Gasteiger partial charge in [-0.1, -0.05) is 35.9 Å². The highest BCUT2D eigenvalue weighted by Gasteiger charge is 2.43. The number of benzene rings is 2. The zero-order valence-corrected chi connectivity index (χ0v) is 17.9. The molecule has 158 valence electrons. The molecule has 2 aliphatic rings. The number of rotatable bonds is 5. The van der Waals surface area contributed by atoms with Gasteiger partial charge in [-0.2, -0.15) is 0 Å². The second kappa shape index (κ2) is 8.48. The highest BCUT2D eigenvalue weighted by molar-refractivity contribution is 5.97. The first-order chi connectivity index (χ1) is 14.4. The standard InChI is InChI=1S/C24H29N3O3/c1-16-4-7-19(17(2)12-16)14-26-10-11-27-22(15-26)23(28)25-21(24(27)29)13-18-5-8-20(30-3)9-6-18/h4-9,12,21-22H,10-11,13-15H2,1-3H3,(H,25,28)/t21-,22+/m0/s1.